The quantitative estimate of drug-likeness (QED) is 0.391. The standard InChI is InChI=1S/C7H14NO6P/c1-3-12-7(9)8-5-6-14-15(10,11)13-4-2/h3H,1,4-6H2,2H3,(H,8,9)(H,10,11). The molecule has 1 unspecified atom stereocenters. The van der Waals surface area contributed by atoms with E-state index < -0.39 is 13.9 Å². The molecule has 0 heterocycles. The molecule has 0 aromatic rings. The zero-order valence-electron chi connectivity index (χ0n) is 8.34. The van der Waals surface area contributed by atoms with Crippen LogP contribution in [0.4, 0.5) is 4.79 Å². The van der Waals surface area contributed by atoms with Crippen molar-refractivity contribution in [2.24, 2.45) is 0 Å². The molecule has 0 aliphatic rings. The summed E-state index contributed by atoms with van der Waals surface area (Å²) in [4.78, 5) is 19.6. The number of ether oxygens (including phenoxy) is 1. The lowest BCUT2D eigenvalue weighted by Crippen LogP contribution is -2.26. The third kappa shape index (κ3) is 8.14. The van der Waals surface area contributed by atoms with E-state index in [0.29, 0.717) is 0 Å². The molecular formula is C7H14NO6P. The first kappa shape index (κ1) is 14.1. The molecule has 0 radical (unpaired) electrons. The minimum absolute atomic E-state index is 0.0320. The molecule has 0 aliphatic carbocycles. The summed E-state index contributed by atoms with van der Waals surface area (Å²) in [7, 11) is -3.98. The van der Waals surface area contributed by atoms with Gasteiger partial charge in [0, 0.05) is 6.54 Å². The highest BCUT2D eigenvalue weighted by molar-refractivity contribution is 7.47. The van der Waals surface area contributed by atoms with Crippen LogP contribution in [0.5, 0.6) is 0 Å². The molecule has 2 N–H and O–H groups in total. The van der Waals surface area contributed by atoms with Gasteiger partial charge in [-0.15, -0.1) is 0 Å². The van der Waals surface area contributed by atoms with E-state index in [2.05, 4.69) is 25.7 Å². The van der Waals surface area contributed by atoms with E-state index in [4.69, 9.17) is 4.89 Å². The molecule has 0 bridgehead atoms. The summed E-state index contributed by atoms with van der Waals surface area (Å²) in [5.41, 5.74) is 0. The van der Waals surface area contributed by atoms with Crippen LogP contribution in [0.3, 0.4) is 0 Å². The topological polar surface area (TPSA) is 94.1 Å². The summed E-state index contributed by atoms with van der Waals surface area (Å²) >= 11 is 0. The van der Waals surface area contributed by atoms with Gasteiger partial charge in [-0.25, -0.2) is 9.36 Å². The molecule has 0 aliphatic heterocycles. The highest BCUT2D eigenvalue weighted by atomic mass is 31.2. The van der Waals surface area contributed by atoms with Gasteiger partial charge in [-0.05, 0) is 6.92 Å². The molecular weight excluding hydrogens is 225 g/mol. The SMILES string of the molecule is C=COC(=O)NCCOP(=O)(O)OCC. The van der Waals surface area contributed by atoms with E-state index in [0.717, 1.165) is 6.26 Å². The number of phosphoric acid groups is 1. The second-order valence-electron chi connectivity index (χ2n) is 2.22. The van der Waals surface area contributed by atoms with Crippen molar-refractivity contribution in [3.05, 3.63) is 12.8 Å². The van der Waals surface area contributed by atoms with Crippen LogP contribution >= 0.6 is 7.82 Å². The number of carbonyl (C=O) groups is 1. The number of rotatable bonds is 7. The average molecular weight is 239 g/mol. The van der Waals surface area contributed by atoms with E-state index in [1.807, 2.05) is 0 Å². The Labute approximate surface area is 87.6 Å². The van der Waals surface area contributed by atoms with Crippen LogP contribution < -0.4 is 5.32 Å². The van der Waals surface area contributed by atoms with Crippen LogP contribution in [0, 0.1) is 0 Å². The minimum atomic E-state index is -3.98. The Morgan fingerprint density at radius 3 is 2.80 bits per heavy atom. The van der Waals surface area contributed by atoms with Gasteiger partial charge in [0.05, 0.1) is 19.5 Å². The Morgan fingerprint density at radius 2 is 2.27 bits per heavy atom. The van der Waals surface area contributed by atoms with E-state index >= 15 is 0 Å². The van der Waals surface area contributed by atoms with Crippen LogP contribution in [0.15, 0.2) is 12.8 Å². The zero-order valence-corrected chi connectivity index (χ0v) is 9.24. The fraction of sp³-hybridized carbons (Fsp3) is 0.571. The Balaban J connectivity index is 3.57. The van der Waals surface area contributed by atoms with Gasteiger partial charge in [0.1, 0.15) is 0 Å². The van der Waals surface area contributed by atoms with E-state index in [1.165, 1.54) is 0 Å². The van der Waals surface area contributed by atoms with Crippen LogP contribution in [0.25, 0.3) is 0 Å². The van der Waals surface area contributed by atoms with Crippen molar-refractivity contribution in [2.45, 2.75) is 6.92 Å². The summed E-state index contributed by atoms with van der Waals surface area (Å²) in [5.74, 6) is 0. The van der Waals surface area contributed by atoms with Crippen molar-refractivity contribution in [3.8, 4) is 0 Å². The van der Waals surface area contributed by atoms with E-state index in [-0.39, 0.29) is 19.8 Å². The van der Waals surface area contributed by atoms with Gasteiger partial charge >= 0.3 is 13.9 Å². The van der Waals surface area contributed by atoms with Crippen molar-refractivity contribution in [3.63, 3.8) is 0 Å². The number of phosphoric ester groups is 1. The molecule has 0 saturated carbocycles. The Kier molecular flexibility index (Phi) is 6.98. The first-order valence-electron chi connectivity index (χ1n) is 4.19. The number of alkyl carbamates (subject to hydrolysis) is 1. The minimum Gasteiger partial charge on any atom is -0.419 e. The monoisotopic (exact) mass is 239 g/mol. The third-order valence-electron chi connectivity index (χ3n) is 1.11. The number of carbonyl (C=O) groups excluding carboxylic acids is 1. The van der Waals surface area contributed by atoms with Crippen LogP contribution in [0.2, 0.25) is 0 Å². The summed E-state index contributed by atoms with van der Waals surface area (Å²) in [6.45, 7) is 4.68. The maximum Gasteiger partial charge on any atom is 0.472 e. The lowest BCUT2D eigenvalue weighted by atomic mass is 10.7. The van der Waals surface area contributed by atoms with Gasteiger partial charge in [0.2, 0.25) is 0 Å². The lowest BCUT2D eigenvalue weighted by molar-refractivity contribution is 0.150. The molecule has 88 valence electrons. The molecule has 1 atom stereocenters. The predicted octanol–water partition coefficient (Wildman–Crippen LogP) is 1.01. The fourth-order valence-electron chi connectivity index (χ4n) is 0.632. The Hall–Kier alpha value is -0.880. The predicted molar refractivity (Wildman–Crippen MR) is 52.1 cm³/mol. The van der Waals surface area contributed by atoms with Gasteiger partial charge in [-0.2, -0.15) is 0 Å². The highest BCUT2D eigenvalue weighted by Gasteiger charge is 2.19. The van der Waals surface area contributed by atoms with Crippen molar-refractivity contribution in [1.29, 1.82) is 0 Å². The van der Waals surface area contributed by atoms with Gasteiger partial charge in [-0.1, -0.05) is 6.58 Å². The van der Waals surface area contributed by atoms with Crippen molar-refractivity contribution < 1.29 is 28.0 Å². The highest BCUT2D eigenvalue weighted by Crippen LogP contribution is 2.42. The van der Waals surface area contributed by atoms with Crippen molar-refractivity contribution in [2.75, 3.05) is 19.8 Å². The molecule has 15 heavy (non-hydrogen) atoms. The largest absolute Gasteiger partial charge is 0.472 e. The normalized spacial score (nSPS) is 14.0. The molecule has 0 rings (SSSR count). The average Bonchev–Trinajstić information content (AvgIpc) is 2.13. The molecule has 7 nitrogen and oxygen atoms in total. The summed E-state index contributed by atoms with van der Waals surface area (Å²) in [6.07, 6.45) is 0.255. The molecule has 8 heteroatoms. The van der Waals surface area contributed by atoms with E-state index in [9.17, 15) is 9.36 Å². The van der Waals surface area contributed by atoms with Gasteiger partial charge in [-0.3, -0.25) is 9.05 Å². The summed E-state index contributed by atoms with van der Waals surface area (Å²) in [6, 6.07) is 0. The third-order valence-corrected chi connectivity index (χ3v) is 2.20. The first-order valence-corrected chi connectivity index (χ1v) is 5.68. The van der Waals surface area contributed by atoms with E-state index in [1.54, 1.807) is 6.92 Å². The lowest BCUT2D eigenvalue weighted by Gasteiger charge is -2.10. The zero-order chi connectivity index (χ0) is 11.7. The maximum atomic E-state index is 10.9. The molecule has 0 saturated heterocycles. The molecule has 0 aromatic carbocycles. The van der Waals surface area contributed by atoms with Gasteiger partial charge in [0.15, 0.2) is 0 Å². The molecule has 0 spiro atoms. The molecule has 0 fully saturated rings. The number of hydrogen-bond acceptors (Lipinski definition) is 5. The summed E-state index contributed by atoms with van der Waals surface area (Å²) in [5, 5.41) is 2.25. The second kappa shape index (κ2) is 7.42. The van der Waals surface area contributed by atoms with Crippen molar-refractivity contribution in [1.82, 2.24) is 5.32 Å². The van der Waals surface area contributed by atoms with Crippen molar-refractivity contribution >= 4 is 13.9 Å². The smallest absolute Gasteiger partial charge is 0.419 e. The maximum absolute atomic E-state index is 10.9. The van der Waals surface area contributed by atoms with Crippen LogP contribution in [0.1, 0.15) is 6.92 Å². The molecule has 1 amide bonds. The van der Waals surface area contributed by atoms with Gasteiger partial charge in [0.25, 0.3) is 0 Å². The second-order valence-corrected chi connectivity index (χ2v) is 3.67. The Bertz CT molecular complexity index is 256. The molecule has 0 aromatic heterocycles. The fourth-order valence-corrected chi connectivity index (χ4v) is 1.35. The number of nitrogens with one attached hydrogen (secondary N) is 1. The number of amides is 1. The van der Waals surface area contributed by atoms with Crippen LogP contribution in [-0.2, 0) is 18.3 Å². The first-order chi connectivity index (χ1) is 7.02. The van der Waals surface area contributed by atoms with Crippen LogP contribution in [-0.4, -0.2) is 30.7 Å². The Morgan fingerprint density at radius 1 is 1.60 bits per heavy atom. The summed E-state index contributed by atoms with van der Waals surface area (Å²) < 4.78 is 24.2. The van der Waals surface area contributed by atoms with Gasteiger partial charge < -0.3 is 14.9 Å². The number of hydrogen-bond donors (Lipinski definition) is 2.